The van der Waals surface area contributed by atoms with E-state index in [1.807, 2.05) is 0 Å². The van der Waals surface area contributed by atoms with Gasteiger partial charge in [-0.1, -0.05) is 12.1 Å². The zero-order valence-corrected chi connectivity index (χ0v) is 10.3. The zero-order valence-electron chi connectivity index (χ0n) is 10.3. The van der Waals surface area contributed by atoms with Crippen molar-refractivity contribution in [3.05, 3.63) is 29.8 Å². The molecule has 0 saturated carbocycles. The largest absolute Gasteiger partial charge is 0.493 e. The van der Waals surface area contributed by atoms with Crippen molar-refractivity contribution in [1.82, 2.24) is 0 Å². The van der Waals surface area contributed by atoms with E-state index in [0.717, 1.165) is 32.3 Å². The average Bonchev–Trinajstić information content (AvgIpc) is 2.88. The number of carboxylic acids is 1. The van der Waals surface area contributed by atoms with Crippen molar-refractivity contribution in [3.63, 3.8) is 0 Å². The Morgan fingerprint density at radius 1 is 1.44 bits per heavy atom. The molecule has 1 fully saturated rings. The van der Waals surface area contributed by atoms with Crippen molar-refractivity contribution in [2.45, 2.75) is 31.8 Å². The molecule has 0 spiro atoms. The highest BCUT2D eigenvalue weighted by atomic mass is 16.5. The van der Waals surface area contributed by atoms with Crippen molar-refractivity contribution in [2.75, 3.05) is 13.2 Å². The average molecular weight is 250 g/mol. The van der Waals surface area contributed by atoms with Crippen LogP contribution in [-0.4, -0.2) is 30.4 Å². The Labute approximate surface area is 107 Å². The van der Waals surface area contributed by atoms with Gasteiger partial charge in [-0.25, -0.2) is 4.79 Å². The fraction of sp³-hybridized carbons (Fsp3) is 0.500. The quantitative estimate of drug-likeness (QED) is 0.789. The summed E-state index contributed by atoms with van der Waals surface area (Å²) in [7, 11) is 0. The fourth-order valence-electron chi connectivity index (χ4n) is 2.13. The lowest BCUT2D eigenvalue weighted by atomic mass is 10.1. The van der Waals surface area contributed by atoms with E-state index >= 15 is 0 Å². The SMILES string of the molecule is O=C(O)c1ccccc1OCCCC1CCCO1. The van der Waals surface area contributed by atoms with Gasteiger partial charge >= 0.3 is 5.97 Å². The molecule has 0 radical (unpaired) electrons. The molecule has 4 nitrogen and oxygen atoms in total. The second-order valence-electron chi connectivity index (χ2n) is 4.43. The summed E-state index contributed by atoms with van der Waals surface area (Å²) in [5, 5.41) is 8.99. The van der Waals surface area contributed by atoms with Crippen LogP contribution in [0.4, 0.5) is 0 Å². The van der Waals surface area contributed by atoms with Crippen LogP contribution in [0.5, 0.6) is 5.75 Å². The summed E-state index contributed by atoms with van der Waals surface area (Å²) in [6.45, 7) is 1.40. The molecule has 1 aliphatic rings. The normalized spacial score (nSPS) is 18.8. The van der Waals surface area contributed by atoms with E-state index in [1.54, 1.807) is 24.3 Å². The topological polar surface area (TPSA) is 55.8 Å². The Morgan fingerprint density at radius 2 is 2.28 bits per heavy atom. The number of carboxylic acid groups (broad SMARTS) is 1. The van der Waals surface area contributed by atoms with Crippen LogP contribution in [0.15, 0.2) is 24.3 Å². The molecule has 1 aliphatic heterocycles. The second kappa shape index (κ2) is 6.40. The van der Waals surface area contributed by atoms with Gasteiger partial charge in [0.2, 0.25) is 0 Å². The molecule has 0 bridgehead atoms. The summed E-state index contributed by atoms with van der Waals surface area (Å²) in [6.07, 6.45) is 4.51. The maximum atomic E-state index is 11.0. The molecule has 4 heteroatoms. The number of benzene rings is 1. The molecule has 1 saturated heterocycles. The van der Waals surface area contributed by atoms with Crippen molar-refractivity contribution < 1.29 is 19.4 Å². The minimum Gasteiger partial charge on any atom is -0.493 e. The highest BCUT2D eigenvalue weighted by Gasteiger charge is 2.15. The number of carbonyl (C=O) groups is 1. The third kappa shape index (κ3) is 3.47. The molecule has 18 heavy (non-hydrogen) atoms. The van der Waals surface area contributed by atoms with E-state index in [4.69, 9.17) is 14.6 Å². The molecule has 1 atom stereocenters. The minimum absolute atomic E-state index is 0.217. The monoisotopic (exact) mass is 250 g/mol. The Hall–Kier alpha value is -1.55. The van der Waals surface area contributed by atoms with E-state index in [0.29, 0.717) is 18.5 Å². The van der Waals surface area contributed by atoms with E-state index in [2.05, 4.69) is 0 Å². The molecule has 0 aliphatic carbocycles. The molecule has 98 valence electrons. The van der Waals surface area contributed by atoms with Gasteiger partial charge in [-0.05, 0) is 37.8 Å². The van der Waals surface area contributed by atoms with E-state index in [1.165, 1.54) is 0 Å². The lowest BCUT2D eigenvalue weighted by Crippen LogP contribution is -2.09. The van der Waals surface area contributed by atoms with Crippen LogP contribution in [0.3, 0.4) is 0 Å². The second-order valence-corrected chi connectivity index (χ2v) is 4.43. The molecule has 1 heterocycles. The van der Waals surface area contributed by atoms with Gasteiger partial charge in [0.15, 0.2) is 0 Å². The number of hydrogen-bond donors (Lipinski definition) is 1. The Kier molecular flexibility index (Phi) is 4.59. The van der Waals surface area contributed by atoms with Gasteiger partial charge in [-0.15, -0.1) is 0 Å². The molecule has 0 aromatic heterocycles. The van der Waals surface area contributed by atoms with Crippen LogP contribution in [-0.2, 0) is 4.74 Å². The molecule has 1 unspecified atom stereocenters. The number of para-hydroxylation sites is 1. The van der Waals surface area contributed by atoms with Crippen LogP contribution in [0.2, 0.25) is 0 Å². The van der Waals surface area contributed by atoms with Gasteiger partial charge in [0.25, 0.3) is 0 Å². The van der Waals surface area contributed by atoms with Crippen molar-refractivity contribution in [3.8, 4) is 5.75 Å². The van der Waals surface area contributed by atoms with Gasteiger partial charge in [-0.2, -0.15) is 0 Å². The number of ether oxygens (including phenoxy) is 2. The molecular weight excluding hydrogens is 232 g/mol. The number of aromatic carboxylic acids is 1. The fourth-order valence-corrected chi connectivity index (χ4v) is 2.13. The van der Waals surface area contributed by atoms with Crippen LogP contribution < -0.4 is 4.74 Å². The molecule has 0 amide bonds. The Balaban J connectivity index is 1.77. The summed E-state index contributed by atoms with van der Waals surface area (Å²) < 4.78 is 11.0. The molecule has 2 rings (SSSR count). The van der Waals surface area contributed by atoms with Crippen LogP contribution in [0, 0.1) is 0 Å². The first-order chi connectivity index (χ1) is 8.77. The van der Waals surface area contributed by atoms with E-state index in [9.17, 15) is 4.79 Å². The van der Waals surface area contributed by atoms with Gasteiger partial charge in [0.05, 0.1) is 12.7 Å². The lowest BCUT2D eigenvalue weighted by molar-refractivity contribution is 0.0690. The van der Waals surface area contributed by atoms with Gasteiger partial charge in [0.1, 0.15) is 11.3 Å². The molecule has 1 N–H and O–H groups in total. The molecular formula is C14H18O4. The highest BCUT2D eigenvalue weighted by molar-refractivity contribution is 5.90. The maximum absolute atomic E-state index is 11.0. The zero-order chi connectivity index (χ0) is 12.8. The van der Waals surface area contributed by atoms with Crippen LogP contribution in [0.1, 0.15) is 36.0 Å². The van der Waals surface area contributed by atoms with Crippen LogP contribution in [0.25, 0.3) is 0 Å². The summed E-state index contributed by atoms with van der Waals surface area (Å²) in [4.78, 5) is 11.0. The molecule has 1 aromatic rings. The smallest absolute Gasteiger partial charge is 0.339 e. The molecule has 1 aromatic carbocycles. The van der Waals surface area contributed by atoms with Crippen molar-refractivity contribution in [2.24, 2.45) is 0 Å². The first-order valence-corrected chi connectivity index (χ1v) is 6.34. The van der Waals surface area contributed by atoms with Crippen molar-refractivity contribution in [1.29, 1.82) is 0 Å². The number of hydrogen-bond acceptors (Lipinski definition) is 3. The number of rotatable bonds is 6. The van der Waals surface area contributed by atoms with E-state index < -0.39 is 5.97 Å². The first-order valence-electron chi connectivity index (χ1n) is 6.34. The third-order valence-electron chi connectivity index (χ3n) is 3.07. The Bertz CT molecular complexity index is 397. The summed E-state index contributed by atoms with van der Waals surface area (Å²) >= 11 is 0. The minimum atomic E-state index is -0.954. The summed E-state index contributed by atoms with van der Waals surface area (Å²) in [5.74, 6) is -0.512. The summed E-state index contributed by atoms with van der Waals surface area (Å²) in [6, 6.07) is 6.72. The standard InChI is InChI=1S/C14H18O4/c15-14(16)12-7-1-2-8-13(12)18-10-4-6-11-5-3-9-17-11/h1-2,7-8,11H,3-6,9-10H2,(H,15,16). The predicted octanol–water partition coefficient (Wildman–Crippen LogP) is 2.72. The van der Waals surface area contributed by atoms with Crippen molar-refractivity contribution >= 4 is 5.97 Å². The Morgan fingerprint density at radius 3 is 3.00 bits per heavy atom. The lowest BCUT2D eigenvalue weighted by Gasteiger charge is -2.11. The van der Waals surface area contributed by atoms with Gasteiger partial charge < -0.3 is 14.6 Å². The summed E-state index contributed by atoms with van der Waals surface area (Å²) in [5.41, 5.74) is 0.217. The third-order valence-corrected chi connectivity index (χ3v) is 3.07. The van der Waals surface area contributed by atoms with Crippen LogP contribution >= 0.6 is 0 Å². The van der Waals surface area contributed by atoms with Gasteiger partial charge in [0, 0.05) is 6.61 Å². The maximum Gasteiger partial charge on any atom is 0.339 e. The van der Waals surface area contributed by atoms with Gasteiger partial charge in [-0.3, -0.25) is 0 Å². The van der Waals surface area contributed by atoms with E-state index in [-0.39, 0.29) is 5.56 Å². The highest BCUT2D eigenvalue weighted by Crippen LogP contribution is 2.20. The predicted molar refractivity (Wildman–Crippen MR) is 67.1 cm³/mol. The first kappa shape index (κ1) is 12.9.